The van der Waals surface area contributed by atoms with Gasteiger partial charge >= 0.3 is 0 Å². The van der Waals surface area contributed by atoms with Gasteiger partial charge in [-0.25, -0.2) is 0 Å². The van der Waals surface area contributed by atoms with Gasteiger partial charge in [0, 0.05) is 21.3 Å². The number of hydrogen-bond donors (Lipinski definition) is 1. The van der Waals surface area contributed by atoms with E-state index in [0.717, 1.165) is 19.6 Å². The molecule has 1 aliphatic rings. The summed E-state index contributed by atoms with van der Waals surface area (Å²) in [7, 11) is 0. The lowest BCUT2D eigenvalue weighted by molar-refractivity contribution is 0.117. The zero-order chi connectivity index (χ0) is 12.3. The average Bonchev–Trinajstić information content (AvgIpc) is 2.88. The second-order valence-electron chi connectivity index (χ2n) is 4.70. The van der Waals surface area contributed by atoms with Gasteiger partial charge in [-0.05, 0) is 53.7 Å². The van der Waals surface area contributed by atoms with Gasteiger partial charge < -0.3 is 10.1 Å². The monoisotopic (exact) mass is 317 g/mol. The maximum Gasteiger partial charge on any atom is 0.0551 e. The van der Waals surface area contributed by atoms with Gasteiger partial charge in [-0.3, -0.25) is 0 Å². The number of halogens is 1. The molecule has 0 spiro atoms. The molecule has 96 valence electrons. The molecule has 0 radical (unpaired) electrons. The van der Waals surface area contributed by atoms with E-state index in [1.165, 1.54) is 15.8 Å². The van der Waals surface area contributed by atoms with E-state index >= 15 is 0 Å². The Hall–Kier alpha value is 0.1000. The number of hydrogen-bond acceptors (Lipinski definition) is 3. The van der Waals surface area contributed by atoms with Crippen LogP contribution in [-0.4, -0.2) is 25.3 Å². The molecule has 2 nitrogen and oxygen atoms in total. The highest BCUT2D eigenvalue weighted by Gasteiger charge is 2.29. The molecule has 1 aromatic heterocycles. The maximum atomic E-state index is 5.69. The molecule has 1 aromatic rings. The van der Waals surface area contributed by atoms with Crippen LogP contribution in [0.2, 0.25) is 0 Å². The maximum absolute atomic E-state index is 5.69. The van der Waals surface area contributed by atoms with Crippen molar-refractivity contribution in [2.45, 2.75) is 38.8 Å². The van der Waals surface area contributed by atoms with Crippen LogP contribution in [0.4, 0.5) is 0 Å². The molecule has 17 heavy (non-hydrogen) atoms. The van der Waals surface area contributed by atoms with Gasteiger partial charge in [-0.1, -0.05) is 6.92 Å². The molecule has 2 rings (SSSR count). The van der Waals surface area contributed by atoms with Gasteiger partial charge in [0.1, 0.15) is 0 Å². The summed E-state index contributed by atoms with van der Waals surface area (Å²) in [4.78, 5) is 1.44. The highest BCUT2D eigenvalue weighted by Crippen LogP contribution is 2.29. The van der Waals surface area contributed by atoms with Crippen molar-refractivity contribution in [1.29, 1.82) is 0 Å². The Kier molecular flexibility index (Phi) is 5.03. The third kappa shape index (κ3) is 3.53. The van der Waals surface area contributed by atoms with Crippen LogP contribution in [0, 0.1) is 5.92 Å². The van der Waals surface area contributed by atoms with E-state index in [-0.39, 0.29) is 0 Å². The molecule has 0 aromatic carbocycles. The van der Waals surface area contributed by atoms with Crippen molar-refractivity contribution in [3.63, 3.8) is 0 Å². The minimum atomic E-state index is 0.424. The molecule has 4 heteroatoms. The Morgan fingerprint density at radius 2 is 2.47 bits per heavy atom. The molecule has 3 atom stereocenters. The first-order valence-corrected chi connectivity index (χ1v) is 7.94. The fraction of sp³-hybridized carbons (Fsp3) is 0.692. The van der Waals surface area contributed by atoms with E-state index in [2.05, 4.69) is 46.5 Å². The van der Waals surface area contributed by atoms with Gasteiger partial charge in [0.25, 0.3) is 0 Å². The number of rotatable bonds is 5. The summed E-state index contributed by atoms with van der Waals surface area (Å²) in [5, 5.41) is 5.77. The first-order valence-electron chi connectivity index (χ1n) is 6.27. The van der Waals surface area contributed by atoms with E-state index in [1.807, 2.05) is 11.3 Å². The number of ether oxygens (including phenoxy) is 1. The molecule has 0 aliphatic carbocycles. The summed E-state index contributed by atoms with van der Waals surface area (Å²) < 4.78 is 6.94. The Morgan fingerprint density at radius 3 is 3.00 bits per heavy atom. The lowest BCUT2D eigenvalue weighted by Gasteiger charge is -2.23. The van der Waals surface area contributed by atoms with Crippen LogP contribution in [0.5, 0.6) is 0 Å². The second kappa shape index (κ2) is 6.32. The Balaban J connectivity index is 2.00. The van der Waals surface area contributed by atoms with Gasteiger partial charge in [0.15, 0.2) is 0 Å². The molecule has 0 saturated carbocycles. The van der Waals surface area contributed by atoms with Gasteiger partial charge in [0.05, 0.1) is 12.7 Å². The third-order valence-electron chi connectivity index (χ3n) is 3.36. The molecule has 1 N–H and O–H groups in total. The SMILES string of the molecule is CCNC(Cc1sccc1Br)C1COC(C)C1. The molecular formula is C13H20BrNOS. The molecule has 1 saturated heterocycles. The normalized spacial score (nSPS) is 26.3. The van der Waals surface area contributed by atoms with Crippen LogP contribution in [-0.2, 0) is 11.2 Å². The van der Waals surface area contributed by atoms with Crippen molar-refractivity contribution >= 4 is 27.3 Å². The minimum Gasteiger partial charge on any atom is -0.378 e. The molecule has 0 amide bonds. The van der Waals surface area contributed by atoms with Crippen molar-refractivity contribution in [3.8, 4) is 0 Å². The lowest BCUT2D eigenvalue weighted by atomic mass is 9.94. The van der Waals surface area contributed by atoms with Crippen molar-refractivity contribution in [3.05, 3.63) is 20.8 Å². The Labute approximate surface area is 116 Å². The number of likely N-dealkylation sites (N-methyl/N-ethyl adjacent to an activating group) is 1. The third-order valence-corrected chi connectivity index (χ3v) is 5.31. The van der Waals surface area contributed by atoms with Gasteiger partial charge in [0.2, 0.25) is 0 Å². The van der Waals surface area contributed by atoms with Crippen LogP contribution in [0.15, 0.2) is 15.9 Å². The summed E-state index contributed by atoms with van der Waals surface area (Å²) in [6.07, 6.45) is 2.71. The molecule has 2 heterocycles. The van der Waals surface area contributed by atoms with E-state index in [4.69, 9.17) is 4.74 Å². The standard InChI is InChI=1S/C13H20BrNOS/c1-3-15-12(10-6-9(2)16-8-10)7-13-11(14)4-5-17-13/h4-5,9-10,12,15H,3,6-8H2,1-2H3. The molecule has 3 unspecified atom stereocenters. The van der Waals surface area contributed by atoms with E-state index < -0.39 is 0 Å². The van der Waals surface area contributed by atoms with Crippen LogP contribution < -0.4 is 5.32 Å². The average molecular weight is 318 g/mol. The predicted octanol–water partition coefficient (Wildman–Crippen LogP) is 3.46. The molecule has 1 fully saturated rings. The van der Waals surface area contributed by atoms with E-state index in [9.17, 15) is 0 Å². The van der Waals surface area contributed by atoms with Crippen molar-refractivity contribution in [2.24, 2.45) is 5.92 Å². The lowest BCUT2D eigenvalue weighted by Crippen LogP contribution is -2.38. The second-order valence-corrected chi connectivity index (χ2v) is 6.55. The minimum absolute atomic E-state index is 0.424. The Morgan fingerprint density at radius 1 is 1.65 bits per heavy atom. The first-order chi connectivity index (χ1) is 8.20. The van der Waals surface area contributed by atoms with E-state index in [1.54, 1.807) is 0 Å². The van der Waals surface area contributed by atoms with Crippen molar-refractivity contribution in [2.75, 3.05) is 13.2 Å². The smallest absolute Gasteiger partial charge is 0.0551 e. The first kappa shape index (κ1) is 13.5. The summed E-state index contributed by atoms with van der Waals surface area (Å²) >= 11 is 5.45. The summed E-state index contributed by atoms with van der Waals surface area (Å²) in [6.45, 7) is 6.28. The fourth-order valence-corrected chi connectivity index (χ4v) is 4.04. The highest BCUT2D eigenvalue weighted by molar-refractivity contribution is 9.10. The zero-order valence-electron chi connectivity index (χ0n) is 10.4. The number of thiophene rings is 1. The summed E-state index contributed by atoms with van der Waals surface area (Å²) in [5.74, 6) is 0.652. The van der Waals surface area contributed by atoms with Crippen molar-refractivity contribution in [1.82, 2.24) is 5.32 Å². The summed E-state index contributed by atoms with van der Waals surface area (Å²) in [6, 6.07) is 2.68. The largest absolute Gasteiger partial charge is 0.378 e. The molecular weight excluding hydrogens is 298 g/mol. The van der Waals surface area contributed by atoms with Crippen molar-refractivity contribution < 1.29 is 4.74 Å². The van der Waals surface area contributed by atoms with Crippen LogP contribution in [0.25, 0.3) is 0 Å². The topological polar surface area (TPSA) is 21.3 Å². The Bertz CT molecular complexity index is 355. The number of nitrogens with one attached hydrogen (secondary N) is 1. The fourth-order valence-electron chi connectivity index (χ4n) is 2.47. The predicted molar refractivity (Wildman–Crippen MR) is 76.7 cm³/mol. The van der Waals surface area contributed by atoms with Crippen LogP contribution >= 0.6 is 27.3 Å². The van der Waals surface area contributed by atoms with E-state index in [0.29, 0.717) is 18.1 Å². The van der Waals surface area contributed by atoms with Gasteiger partial charge in [-0.2, -0.15) is 0 Å². The zero-order valence-corrected chi connectivity index (χ0v) is 12.8. The summed E-state index contributed by atoms with van der Waals surface area (Å²) in [5.41, 5.74) is 0. The molecule has 0 bridgehead atoms. The van der Waals surface area contributed by atoms with Crippen LogP contribution in [0.3, 0.4) is 0 Å². The molecule has 1 aliphatic heterocycles. The quantitative estimate of drug-likeness (QED) is 0.898. The highest BCUT2D eigenvalue weighted by atomic mass is 79.9. The van der Waals surface area contributed by atoms with Crippen LogP contribution in [0.1, 0.15) is 25.1 Å². The van der Waals surface area contributed by atoms with Gasteiger partial charge in [-0.15, -0.1) is 11.3 Å².